The molecule has 0 spiro atoms. The average Bonchev–Trinajstić information content (AvgIpc) is 2.59. The first-order chi connectivity index (χ1) is 7.19. The predicted octanol–water partition coefficient (Wildman–Crippen LogP) is 1.34. The van der Waals surface area contributed by atoms with Crippen LogP contribution in [-0.4, -0.2) is 36.4 Å². The largest absolute Gasteiger partial charge is 0.470 e. The molecule has 0 saturated carbocycles. The van der Waals surface area contributed by atoms with Gasteiger partial charge in [-0.1, -0.05) is 22.9 Å². The molecule has 84 valence electrons. The zero-order chi connectivity index (χ0) is 11.3. The molecule has 0 aromatic carbocycles. The Hall–Kier alpha value is -0.850. The highest BCUT2D eigenvalue weighted by molar-refractivity contribution is 7.15. The number of carbonyl (C=O) groups excluding carboxylic acids is 1. The number of aromatic nitrogens is 1. The fraction of sp³-hybridized carbons (Fsp3) is 0.500. The van der Waals surface area contributed by atoms with Gasteiger partial charge in [-0.2, -0.15) is 4.98 Å². The Labute approximate surface area is 95.6 Å². The molecule has 1 N–H and O–H groups in total. The van der Waals surface area contributed by atoms with E-state index in [0.717, 1.165) is 11.3 Å². The van der Waals surface area contributed by atoms with E-state index in [2.05, 4.69) is 9.72 Å². The topological polar surface area (TPSA) is 68.7 Å². The van der Waals surface area contributed by atoms with Gasteiger partial charge in [-0.25, -0.2) is 4.79 Å². The van der Waals surface area contributed by atoms with Crippen molar-refractivity contribution in [1.82, 2.24) is 4.98 Å². The summed E-state index contributed by atoms with van der Waals surface area (Å²) in [4.78, 5) is 15.2. The molecule has 0 amide bonds. The third-order valence-corrected chi connectivity index (χ3v) is 2.80. The summed E-state index contributed by atoms with van der Waals surface area (Å²) in [5, 5.41) is 8.91. The Balaban J connectivity index is 2.64. The van der Waals surface area contributed by atoms with Crippen molar-refractivity contribution in [3.63, 3.8) is 0 Å². The molecule has 0 atom stereocenters. The van der Waals surface area contributed by atoms with E-state index in [0.29, 0.717) is 18.2 Å². The number of rotatable bonds is 5. The monoisotopic (exact) mass is 251 g/mol. The maximum atomic E-state index is 11.1. The van der Waals surface area contributed by atoms with Gasteiger partial charge in [-0.05, 0) is 0 Å². The summed E-state index contributed by atoms with van der Waals surface area (Å²) in [6, 6.07) is 0. The van der Waals surface area contributed by atoms with Crippen LogP contribution in [0.5, 0.6) is 5.19 Å². The highest BCUT2D eigenvalue weighted by Gasteiger charge is 2.17. The summed E-state index contributed by atoms with van der Waals surface area (Å²) in [7, 11) is 1.27. The minimum absolute atomic E-state index is 0.0446. The molecule has 0 aliphatic rings. The number of esters is 1. The molecule has 1 rings (SSSR count). The van der Waals surface area contributed by atoms with E-state index in [1.54, 1.807) is 0 Å². The number of hydrogen-bond acceptors (Lipinski definition) is 6. The van der Waals surface area contributed by atoms with Crippen LogP contribution in [0.15, 0.2) is 0 Å². The molecule has 0 aliphatic carbocycles. The fourth-order valence-electron chi connectivity index (χ4n) is 0.788. The summed E-state index contributed by atoms with van der Waals surface area (Å²) in [5.74, 6) is -0.533. The zero-order valence-electron chi connectivity index (χ0n) is 8.03. The van der Waals surface area contributed by atoms with Crippen LogP contribution >= 0.6 is 22.9 Å². The van der Waals surface area contributed by atoms with Gasteiger partial charge in [0.05, 0.1) is 13.7 Å². The van der Waals surface area contributed by atoms with Crippen LogP contribution in [0.25, 0.3) is 0 Å². The normalized spacial score (nSPS) is 10.1. The Morgan fingerprint density at radius 1 is 1.67 bits per heavy atom. The van der Waals surface area contributed by atoms with E-state index in [1.807, 2.05) is 0 Å². The molecule has 1 aromatic rings. The lowest BCUT2D eigenvalue weighted by Crippen LogP contribution is -1.98. The lowest BCUT2D eigenvalue weighted by molar-refractivity contribution is 0.0606. The summed E-state index contributed by atoms with van der Waals surface area (Å²) in [6.45, 7) is 0.379. The third kappa shape index (κ3) is 3.33. The molecular weight excluding hydrogens is 242 g/mol. The molecule has 0 radical (unpaired) electrons. The molecule has 0 saturated heterocycles. The Kier molecular flexibility index (Phi) is 4.80. The number of thiazole rings is 1. The van der Waals surface area contributed by atoms with Crippen molar-refractivity contribution in [2.75, 3.05) is 20.3 Å². The summed E-state index contributed by atoms with van der Waals surface area (Å²) in [5.41, 5.74) is 0. The maximum absolute atomic E-state index is 11.1. The van der Waals surface area contributed by atoms with Crippen molar-refractivity contribution in [2.24, 2.45) is 0 Å². The second-order valence-corrected chi connectivity index (χ2v) is 3.84. The summed E-state index contributed by atoms with van der Waals surface area (Å²) < 4.78 is 9.67. The van der Waals surface area contributed by atoms with Gasteiger partial charge in [0.2, 0.25) is 0 Å². The molecule has 15 heavy (non-hydrogen) atoms. The first kappa shape index (κ1) is 12.2. The van der Waals surface area contributed by atoms with Crippen LogP contribution in [0, 0.1) is 0 Å². The second kappa shape index (κ2) is 5.89. The van der Waals surface area contributed by atoms with Gasteiger partial charge >= 0.3 is 5.97 Å². The van der Waals surface area contributed by atoms with E-state index < -0.39 is 5.97 Å². The van der Waals surface area contributed by atoms with Crippen molar-refractivity contribution in [1.29, 1.82) is 0 Å². The quantitative estimate of drug-likeness (QED) is 0.632. The maximum Gasteiger partial charge on any atom is 0.351 e. The number of hydrogen-bond donors (Lipinski definition) is 1. The van der Waals surface area contributed by atoms with Crippen LogP contribution in [0.4, 0.5) is 0 Å². The average molecular weight is 252 g/mol. The number of nitrogens with zero attached hydrogens (tertiary/aromatic N) is 1. The molecule has 0 bridgehead atoms. The van der Waals surface area contributed by atoms with Crippen molar-refractivity contribution in [2.45, 2.75) is 6.42 Å². The summed E-state index contributed by atoms with van der Waals surface area (Å²) in [6.07, 6.45) is 0.505. The molecule has 1 aromatic heterocycles. The highest BCUT2D eigenvalue weighted by atomic mass is 35.5. The van der Waals surface area contributed by atoms with Gasteiger partial charge in [0.1, 0.15) is 0 Å². The second-order valence-electron chi connectivity index (χ2n) is 2.52. The van der Waals surface area contributed by atoms with Crippen LogP contribution in [0.2, 0.25) is 5.15 Å². The van der Waals surface area contributed by atoms with Gasteiger partial charge in [-0.3, -0.25) is 0 Å². The smallest absolute Gasteiger partial charge is 0.351 e. The Bertz CT molecular complexity index is 341. The predicted molar refractivity (Wildman–Crippen MR) is 55.7 cm³/mol. The molecule has 1 heterocycles. The lowest BCUT2D eigenvalue weighted by atomic mass is 10.5. The SMILES string of the molecule is COC(=O)c1sc(OCCCO)nc1Cl. The number of halogens is 1. The first-order valence-electron chi connectivity index (χ1n) is 4.17. The van der Waals surface area contributed by atoms with Gasteiger partial charge in [0.15, 0.2) is 10.0 Å². The number of carbonyl (C=O) groups is 1. The highest BCUT2D eigenvalue weighted by Crippen LogP contribution is 2.29. The lowest BCUT2D eigenvalue weighted by Gasteiger charge is -1.98. The number of aliphatic hydroxyl groups excluding tert-OH is 1. The first-order valence-corrected chi connectivity index (χ1v) is 5.36. The minimum atomic E-state index is -0.533. The van der Waals surface area contributed by atoms with E-state index in [1.165, 1.54) is 7.11 Å². The summed E-state index contributed by atoms with van der Waals surface area (Å²) >= 11 is 6.72. The molecule has 0 aliphatic heterocycles. The zero-order valence-corrected chi connectivity index (χ0v) is 9.60. The van der Waals surface area contributed by atoms with Gasteiger partial charge in [0, 0.05) is 13.0 Å². The van der Waals surface area contributed by atoms with Crippen molar-refractivity contribution in [3.8, 4) is 5.19 Å². The van der Waals surface area contributed by atoms with Crippen molar-refractivity contribution >= 4 is 28.9 Å². The van der Waals surface area contributed by atoms with E-state index in [4.69, 9.17) is 21.4 Å². The van der Waals surface area contributed by atoms with Crippen LogP contribution in [-0.2, 0) is 4.74 Å². The van der Waals surface area contributed by atoms with E-state index in [9.17, 15) is 4.79 Å². The van der Waals surface area contributed by atoms with Crippen LogP contribution in [0.3, 0.4) is 0 Å². The van der Waals surface area contributed by atoms with Gasteiger partial charge in [0.25, 0.3) is 5.19 Å². The van der Waals surface area contributed by atoms with Gasteiger partial charge < -0.3 is 14.6 Å². The molecule has 7 heteroatoms. The molecule has 0 unspecified atom stereocenters. The molecule has 0 fully saturated rings. The van der Waals surface area contributed by atoms with Crippen LogP contribution < -0.4 is 4.74 Å². The number of ether oxygens (including phenoxy) is 2. The molecular formula is C8H10ClNO4S. The van der Waals surface area contributed by atoms with Crippen molar-refractivity contribution in [3.05, 3.63) is 10.0 Å². The standard InChI is InChI=1S/C8H10ClNO4S/c1-13-7(12)5-6(9)10-8(15-5)14-4-2-3-11/h11H,2-4H2,1H3. The van der Waals surface area contributed by atoms with Crippen molar-refractivity contribution < 1.29 is 19.4 Å². The third-order valence-electron chi connectivity index (χ3n) is 1.46. The fourth-order valence-corrected chi connectivity index (χ4v) is 1.86. The van der Waals surface area contributed by atoms with Crippen LogP contribution in [0.1, 0.15) is 16.1 Å². The number of methoxy groups -OCH3 is 1. The number of aliphatic hydroxyl groups is 1. The molecule has 5 nitrogen and oxygen atoms in total. The van der Waals surface area contributed by atoms with E-state index in [-0.39, 0.29) is 16.6 Å². The Morgan fingerprint density at radius 3 is 3.00 bits per heavy atom. The van der Waals surface area contributed by atoms with E-state index >= 15 is 0 Å². The van der Waals surface area contributed by atoms with Gasteiger partial charge in [-0.15, -0.1) is 0 Å². The Morgan fingerprint density at radius 2 is 2.40 bits per heavy atom. The minimum Gasteiger partial charge on any atom is -0.470 e.